The van der Waals surface area contributed by atoms with E-state index in [1.807, 2.05) is 0 Å². The first-order chi connectivity index (χ1) is 14.0. The first-order valence-corrected chi connectivity index (χ1v) is 11.1. The fraction of sp³-hybridized carbons (Fsp3) is 0.333. The summed E-state index contributed by atoms with van der Waals surface area (Å²) in [6.45, 7) is 2.54. The molecule has 1 fully saturated rings. The summed E-state index contributed by atoms with van der Waals surface area (Å²) in [5, 5.41) is 3.96. The van der Waals surface area contributed by atoms with Gasteiger partial charge in [-0.1, -0.05) is 0 Å². The van der Waals surface area contributed by atoms with Gasteiger partial charge in [0.05, 0.1) is 10.4 Å². The van der Waals surface area contributed by atoms with Crippen molar-refractivity contribution in [1.29, 1.82) is 0 Å². The van der Waals surface area contributed by atoms with E-state index in [0.717, 1.165) is 31.5 Å². The van der Waals surface area contributed by atoms with Crippen LogP contribution >= 0.6 is 0 Å². The number of halogens is 1. The Hall–Kier alpha value is -2.58. The van der Waals surface area contributed by atoms with E-state index in [0.29, 0.717) is 35.6 Å². The first kappa shape index (κ1) is 18.4. The van der Waals surface area contributed by atoms with Gasteiger partial charge in [0.15, 0.2) is 11.5 Å². The summed E-state index contributed by atoms with van der Waals surface area (Å²) in [6.07, 6.45) is 3.44. The van der Waals surface area contributed by atoms with Gasteiger partial charge in [0.25, 0.3) is 10.0 Å². The molecule has 0 unspecified atom stereocenters. The molecule has 2 aliphatic heterocycles. The summed E-state index contributed by atoms with van der Waals surface area (Å²) >= 11 is 0. The van der Waals surface area contributed by atoms with Crippen molar-refractivity contribution in [3.05, 3.63) is 54.0 Å². The lowest BCUT2D eigenvalue weighted by Gasteiger charge is -2.22. The van der Waals surface area contributed by atoms with Gasteiger partial charge in [0, 0.05) is 17.6 Å². The number of piperidine rings is 1. The van der Waals surface area contributed by atoms with Gasteiger partial charge in [-0.3, -0.25) is 0 Å². The molecule has 2 aliphatic rings. The summed E-state index contributed by atoms with van der Waals surface area (Å²) in [6, 6.07) is 8.88. The zero-order chi connectivity index (χ0) is 20.0. The van der Waals surface area contributed by atoms with Crippen LogP contribution in [0.1, 0.15) is 24.3 Å². The molecule has 0 bridgehead atoms. The number of rotatable bonds is 3. The zero-order valence-electron chi connectivity index (χ0n) is 15.7. The predicted molar refractivity (Wildman–Crippen MR) is 107 cm³/mol. The van der Waals surface area contributed by atoms with Gasteiger partial charge in [-0.05, 0) is 67.7 Å². The Labute approximate surface area is 168 Å². The molecule has 3 heterocycles. The third-order valence-electron chi connectivity index (χ3n) is 5.61. The molecule has 0 aliphatic carbocycles. The van der Waals surface area contributed by atoms with E-state index >= 15 is 0 Å². The van der Waals surface area contributed by atoms with Gasteiger partial charge in [-0.15, -0.1) is 0 Å². The summed E-state index contributed by atoms with van der Waals surface area (Å²) in [5.41, 5.74) is 1.36. The minimum atomic E-state index is -3.89. The van der Waals surface area contributed by atoms with Crippen molar-refractivity contribution in [3.63, 3.8) is 0 Å². The van der Waals surface area contributed by atoms with Crippen molar-refractivity contribution in [1.82, 2.24) is 9.29 Å². The molecule has 0 atom stereocenters. The fourth-order valence-electron chi connectivity index (χ4n) is 4.15. The van der Waals surface area contributed by atoms with Crippen molar-refractivity contribution in [2.24, 2.45) is 0 Å². The van der Waals surface area contributed by atoms with E-state index < -0.39 is 10.0 Å². The second kappa shape index (κ2) is 7.03. The maximum atomic E-state index is 14.0. The van der Waals surface area contributed by atoms with Crippen LogP contribution in [0.4, 0.5) is 4.39 Å². The zero-order valence-corrected chi connectivity index (χ0v) is 16.5. The normalized spacial score (nSPS) is 17.6. The average molecular weight is 416 g/mol. The van der Waals surface area contributed by atoms with Crippen LogP contribution in [-0.2, 0) is 10.0 Å². The molecule has 3 aromatic rings. The summed E-state index contributed by atoms with van der Waals surface area (Å²) in [7, 11) is -3.89. The van der Waals surface area contributed by atoms with E-state index in [1.165, 1.54) is 34.3 Å². The van der Waals surface area contributed by atoms with Gasteiger partial charge in [0.1, 0.15) is 19.0 Å². The van der Waals surface area contributed by atoms with E-state index in [1.54, 1.807) is 12.3 Å². The Balaban J connectivity index is 1.66. The van der Waals surface area contributed by atoms with Crippen molar-refractivity contribution >= 4 is 20.9 Å². The number of benzene rings is 2. The minimum Gasteiger partial charge on any atom is -0.486 e. The first-order valence-electron chi connectivity index (χ1n) is 9.70. The van der Waals surface area contributed by atoms with Crippen LogP contribution in [0.5, 0.6) is 11.5 Å². The van der Waals surface area contributed by atoms with Gasteiger partial charge in [-0.25, -0.2) is 16.8 Å². The number of aromatic nitrogens is 1. The van der Waals surface area contributed by atoms with Crippen LogP contribution in [-0.4, -0.2) is 38.7 Å². The van der Waals surface area contributed by atoms with Gasteiger partial charge in [-0.2, -0.15) is 0 Å². The van der Waals surface area contributed by atoms with Crippen LogP contribution in [0.3, 0.4) is 0 Å². The summed E-state index contributed by atoms with van der Waals surface area (Å²) in [4.78, 5) is 0.111. The second-order valence-corrected chi connectivity index (χ2v) is 9.19. The van der Waals surface area contributed by atoms with Crippen molar-refractivity contribution < 1.29 is 22.3 Å². The number of hydrogen-bond acceptors (Lipinski definition) is 5. The standard InChI is InChI=1S/C21H21FN2O4S/c22-15-1-3-19-17(11-15)18(14-5-7-23-8-6-14)13-24(19)29(25,26)16-2-4-20-21(12-16)28-10-9-27-20/h1-4,11-14,23H,5-10H2. The smallest absolute Gasteiger partial charge is 0.268 e. The predicted octanol–water partition coefficient (Wildman–Crippen LogP) is 3.26. The number of hydrogen-bond donors (Lipinski definition) is 1. The monoisotopic (exact) mass is 416 g/mol. The highest BCUT2D eigenvalue weighted by Gasteiger charge is 2.27. The van der Waals surface area contributed by atoms with E-state index in [4.69, 9.17) is 9.47 Å². The maximum absolute atomic E-state index is 14.0. The van der Waals surface area contributed by atoms with E-state index in [9.17, 15) is 12.8 Å². The second-order valence-electron chi connectivity index (χ2n) is 7.38. The van der Waals surface area contributed by atoms with Crippen molar-refractivity contribution in [2.75, 3.05) is 26.3 Å². The number of nitrogens with zero attached hydrogens (tertiary/aromatic N) is 1. The Morgan fingerprint density at radius 2 is 1.76 bits per heavy atom. The molecule has 0 radical (unpaired) electrons. The third kappa shape index (κ3) is 3.16. The molecule has 8 heteroatoms. The lowest BCUT2D eigenvalue weighted by atomic mass is 9.90. The molecular weight excluding hydrogens is 395 g/mol. The largest absolute Gasteiger partial charge is 0.486 e. The topological polar surface area (TPSA) is 69.6 Å². The van der Waals surface area contributed by atoms with Crippen LogP contribution in [0.15, 0.2) is 47.5 Å². The van der Waals surface area contributed by atoms with Crippen molar-refractivity contribution in [2.45, 2.75) is 23.7 Å². The Kier molecular flexibility index (Phi) is 4.48. The van der Waals surface area contributed by atoms with Crippen LogP contribution in [0.25, 0.3) is 10.9 Å². The lowest BCUT2D eigenvalue weighted by Crippen LogP contribution is -2.26. The van der Waals surface area contributed by atoms with E-state index in [2.05, 4.69) is 5.32 Å². The fourth-order valence-corrected chi connectivity index (χ4v) is 5.55. The third-order valence-corrected chi connectivity index (χ3v) is 7.28. The molecule has 152 valence electrons. The summed E-state index contributed by atoms with van der Waals surface area (Å²) in [5.74, 6) is 0.767. The van der Waals surface area contributed by atoms with Crippen LogP contribution in [0, 0.1) is 5.82 Å². The SMILES string of the molecule is O=S(=O)(c1ccc2c(c1)OCCO2)n1cc(C2CCNCC2)c2cc(F)ccc21. The van der Waals surface area contributed by atoms with Gasteiger partial charge < -0.3 is 14.8 Å². The van der Waals surface area contributed by atoms with E-state index in [-0.39, 0.29) is 16.6 Å². The van der Waals surface area contributed by atoms with Crippen molar-refractivity contribution in [3.8, 4) is 11.5 Å². The number of nitrogens with one attached hydrogen (secondary N) is 1. The molecular formula is C21H21FN2O4S. The average Bonchev–Trinajstić information content (AvgIpc) is 3.13. The molecule has 2 aromatic carbocycles. The molecule has 6 nitrogen and oxygen atoms in total. The van der Waals surface area contributed by atoms with Crippen LogP contribution in [0.2, 0.25) is 0 Å². The lowest BCUT2D eigenvalue weighted by molar-refractivity contribution is 0.171. The Morgan fingerprint density at radius 3 is 2.55 bits per heavy atom. The molecule has 0 amide bonds. The van der Waals surface area contributed by atoms with Gasteiger partial charge in [0.2, 0.25) is 0 Å². The molecule has 1 aromatic heterocycles. The Bertz CT molecular complexity index is 1180. The highest BCUT2D eigenvalue weighted by atomic mass is 32.2. The number of fused-ring (bicyclic) bond motifs is 2. The molecule has 29 heavy (non-hydrogen) atoms. The van der Waals surface area contributed by atoms with Gasteiger partial charge >= 0.3 is 0 Å². The molecule has 1 saturated heterocycles. The molecule has 5 rings (SSSR count). The molecule has 0 saturated carbocycles. The highest BCUT2D eigenvalue weighted by molar-refractivity contribution is 7.90. The quantitative estimate of drug-likeness (QED) is 0.710. The highest BCUT2D eigenvalue weighted by Crippen LogP contribution is 2.37. The number of ether oxygens (including phenoxy) is 2. The maximum Gasteiger partial charge on any atom is 0.268 e. The summed E-state index contributed by atoms with van der Waals surface area (Å²) < 4.78 is 53.3. The Morgan fingerprint density at radius 1 is 1.00 bits per heavy atom. The molecule has 1 N–H and O–H groups in total. The molecule has 0 spiro atoms. The van der Waals surface area contributed by atoms with Crippen LogP contribution < -0.4 is 14.8 Å². The minimum absolute atomic E-state index is 0.111.